The largest absolute Gasteiger partial charge is 0.248 e. The highest BCUT2D eigenvalue weighted by molar-refractivity contribution is 6.29. The molecule has 2 heterocycles. The fourth-order valence-electron chi connectivity index (χ4n) is 2.00. The van der Waals surface area contributed by atoms with Gasteiger partial charge in [0.15, 0.2) is 5.65 Å². The van der Waals surface area contributed by atoms with Crippen molar-refractivity contribution in [3.05, 3.63) is 53.4 Å². The molecule has 1 aromatic carbocycles. The zero-order valence-electron chi connectivity index (χ0n) is 9.87. The number of nitrogens with zero attached hydrogens (tertiary/aromatic N) is 4. The quantitative estimate of drug-likeness (QED) is 0.738. The second-order valence-electron chi connectivity index (χ2n) is 4.07. The SMILES string of the molecule is FCC(c1ccccc1)n1ncc2ncc(Cl)nc21. The summed E-state index contributed by atoms with van der Waals surface area (Å²) in [5.41, 5.74) is 1.91. The fraction of sp³-hybridized carbons (Fsp3) is 0.154. The van der Waals surface area contributed by atoms with Gasteiger partial charge in [-0.2, -0.15) is 5.10 Å². The van der Waals surface area contributed by atoms with Crippen LogP contribution in [0.3, 0.4) is 0 Å². The zero-order valence-corrected chi connectivity index (χ0v) is 10.6. The molecule has 0 fully saturated rings. The lowest BCUT2D eigenvalue weighted by atomic mass is 10.1. The van der Waals surface area contributed by atoms with Crippen LogP contribution in [-0.2, 0) is 0 Å². The van der Waals surface area contributed by atoms with Crippen molar-refractivity contribution in [2.75, 3.05) is 6.67 Å². The van der Waals surface area contributed by atoms with Crippen LogP contribution in [0.2, 0.25) is 5.15 Å². The molecule has 3 aromatic rings. The molecule has 2 aromatic heterocycles. The highest BCUT2D eigenvalue weighted by Gasteiger charge is 2.18. The molecule has 3 rings (SSSR count). The molecule has 0 saturated carbocycles. The van der Waals surface area contributed by atoms with E-state index in [1.165, 1.54) is 10.9 Å². The monoisotopic (exact) mass is 276 g/mol. The first-order chi connectivity index (χ1) is 9.29. The molecule has 0 aliphatic rings. The van der Waals surface area contributed by atoms with Crippen LogP contribution in [0.25, 0.3) is 11.2 Å². The second kappa shape index (κ2) is 4.93. The molecule has 0 amide bonds. The summed E-state index contributed by atoms with van der Waals surface area (Å²) in [7, 11) is 0. The molecule has 4 nitrogen and oxygen atoms in total. The molecule has 0 saturated heterocycles. The van der Waals surface area contributed by atoms with E-state index in [0.717, 1.165) is 5.56 Å². The maximum atomic E-state index is 13.4. The number of rotatable bonds is 3. The standard InChI is InChI=1S/C13H10ClFN4/c14-12-8-16-10-7-17-19(13(10)18-12)11(6-15)9-4-2-1-3-5-9/h1-5,7-8,11H,6H2. The maximum Gasteiger partial charge on any atom is 0.178 e. The molecule has 96 valence electrons. The minimum absolute atomic E-state index is 0.264. The lowest BCUT2D eigenvalue weighted by molar-refractivity contribution is 0.381. The first-order valence-corrected chi connectivity index (χ1v) is 6.14. The molecule has 0 bridgehead atoms. The Morgan fingerprint density at radius 1 is 1.21 bits per heavy atom. The summed E-state index contributed by atoms with van der Waals surface area (Å²) in [6.45, 7) is -0.574. The molecular formula is C13H10ClFN4. The molecule has 1 unspecified atom stereocenters. The Bertz CT molecular complexity index is 698. The molecule has 0 aliphatic carbocycles. The molecule has 6 heteroatoms. The Morgan fingerprint density at radius 3 is 2.74 bits per heavy atom. The van der Waals surface area contributed by atoms with Gasteiger partial charge in [-0.3, -0.25) is 0 Å². The van der Waals surface area contributed by atoms with Crippen LogP contribution >= 0.6 is 11.6 Å². The van der Waals surface area contributed by atoms with Gasteiger partial charge in [0, 0.05) is 0 Å². The van der Waals surface area contributed by atoms with E-state index in [0.29, 0.717) is 11.2 Å². The van der Waals surface area contributed by atoms with Crippen molar-refractivity contribution in [3.8, 4) is 0 Å². The summed E-state index contributed by atoms with van der Waals surface area (Å²) >= 11 is 5.83. The summed E-state index contributed by atoms with van der Waals surface area (Å²) in [5, 5.41) is 4.44. The lowest BCUT2D eigenvalue weighted by Crippen LogP contribution is -2.14. The van der Waals surface area contributed by atoms with Crippen molar-refractivity contribution < 1.29 is 4.39 Å². The Labute approximate surface area is 113 Å². The molecular weight excluding hydrogens is 267 g/mol. The number of halogens is 2. The summed E-state index contributed by atoms with van der Waals surface area (Å²) in [6, 6.07) is 8.80. The van der Waals surface area contributed by atoms with Gasteiger partial charge in [0.05, 0.1) is 12.4 Å². The van der Waals surface area contributed by atoms with Crippen LogP contribution in [0.4, 0.5) is 4.39 Å². The number of fused-ring (bicyclic) bond motifs is 1. The first-order valence-electron chi connectivity index (χ1n) is 5.76. The minimum atomic E-state index is -0.574. The average Bonchev–Trinajstić information content (AvgIpc) is 2.84. The molecule has 1 atom stereocenters. The van der Waals surface area contributed by atoms with E-state index in [9.17, 15) is 4.39 Å². The third-order valence-corrected chi connectivity index (χ3v) is 3.08. The van der Waals surface area contributed by atoms with E-state index in [2.05, 4.69) is 15.1 Å². The zero-order chi connectivity index (χ0) is 13.2. The van der Waals surface area contributed by atoms with Crippen molar-refractivity contribution >= 4 is 22.8 Å². The second-order valence-corrected chi connectivity index (χ2v) is 4.46. The molecule has 0 spiro atoms. The first kappa shape index (κ1) is 12.0. The summed E-state index contributed by atoms with van der Waals surface area (Å²) in [4.78, 5) is 8.28. The number of benzene rings is 1. The van der Waals surface area contributed by atoms with E-state index in [1.807, 2.05) is 30.3 Å². The summed E-state index contributed by atoms with van der Waals surface area (Å²) < 4.78 is 14.9. The third-order valence-electron chi connectivity index (χ3n) is 2.90. The van der Waals surface area contributed by atoms with Crippen LogP contribution < -0.4 is 0 Å². The van der Waals surface area contributed by atoms with Crippen molar-refractivity contribution in [1.82, 2.24) is 19.7 Å². The third kappa shape index (κ3) is 2.17. The van der Waals surface area contributed by atoms with E-state index < -0.39 is 12.7 Å². The number of aromatic nitrogens is 4. The number of alkyl halides is 1. The Morgan fingerprint density at radius 2 is 2.00 bits per heavy atom. The average molecular weight is 277 g/mol. The van der Waals surface area contributed by atoms with Crippen molar-refractivity contribution in [1.29, 1.82) is 0 Å². The van der Waals surface area contributed by atoms with E-state index in [1.54, 1.807) is 6.20 Å². The van der Waals surface area contributed by atoms with Crippen molar-refractivity contribution in [2.24, 2.45) is 0 Å². The predicted molar refractivity (Wildman–Crippen MR) is 70.9 cm³/mol. The van der Waals surface area contributed by atoms with Crippen LogP contribution in [-0.4, -0.2) is 26.4 Å². The van der Waals surface area contributed by atoms with Crippen molar-refractivity contribution in [2.45, 2.75) is 6.04 Å². The van der Waals surface area contributed by atoms with Crippen LogP contribution in [0, 0.1) is 0 Å². The van der Waals surface area contributed by atoms with Gasteiger partial charge < -0.3 is 0 Å². The van der Waals surface area contributed by atoms with Gasteiger partial charge >= 0.3 is 0 Å². The summed E-state index contributed by atoms with van der Waals surface area (Å²) in [6.07, 6.45) is 3.01. The molecule has 0 radical (unpaired) electrons. The van der Waals surface area contributed by atoms with Gasteiger partial charge in [-0.1, -0.05) is 41.9 Å². The van der Waals surface area contributed by atoms with Gasteiger partial charge in [0.25, 0.3) is 0 Å². The highest BCUT2D eigenvalue weighted by atomic mass is 35.5. The van der Waals surface area contributed by atoms with E-state index in [4.69, 9.17) is 11.6 Å². The van der Waals surface area contributed by atoms with Gasteiger partial charge in [-0.05, 0) is 5.56 Å². The van der Waals surface area contributed by atoms with Gasteiger partial charge in [-0.15, -0.1) is 0 Å². The topological polar surface area (TPSA) is 43.6 Å². The number of hydrogen-bond donors (Lipinski definition) is 0. The van der Waals surface area contributed by atoms with Gasteiger partial charge in [-0.25, -0.2) is 19.0 Å². The Kier molecular flexibility index (Phi) is 3.13. The van der Waals surface area contributed by atoms with E-state index in [-0.39, 0.29) is 5.15 Å². The van der Waals surface area contributed by atoms with Crippen LogP contribution in [0.5, 0.6) is 0 Å². The number of hydrogen-bond acceptors (Lipinski definition) is 3. The smallest absolute Gasteiger partial charge is 0.178 e. The molecule has 19 heavy (non-hydrogen) atoms. The fourth-order valence-corrected chi connectivity index (χ4v) is 2.13. The van der Waals surface area contributed by atoms with E-state index >= 15 is 0 Å². The predicted octanol–water partition coefficient (Wildman–Crippen LogP) is 3.04. The van der Waals surface area contributed by atoms with Crippen LogP contribution in [0.1, 0.15) is 11.6 Å². The van der Waals surface area contributed by atoms with Crippen LogP contribution in [0.15, 0.2) is 42.7 Å². The maximum absolute atomic E-state index is 13.4. The Hall–Kier alpha value is -2.01. The molecule has 0 aliphatic heterocycles. The summed E-state index contributed by atoms with van der Waals surface area (Å²) in [5.74, 6) is 0. The van der Waals surface area contributed by atoms with Gasteiger partial charge in [0.2, 0.25) is 0 Å². The minimum Gasteiger partial charge on any atom is -0.248 e. The highest BCUT2D eigenvalue weighted by Crippen LogP contribution is 2.22. The van der Waals surface area contributed by atoms with Gasteiger partial charge in [0.1, 0.15) is 23.4 Å². The lowest BCUT2D eigenvalue weighted by Gasteiger charge is -2.14. The van der Waals surface area contributed by atoms with Crippen molar-refractivity contribution in [3.63, 3.8) is 0 Å². The Balaban J connectivity index is 2.14. The molecule has 0 N–H and O–H groups in total. The normalized spacial score (nSPS) is 12.7.